The Morgan fingerprint density at radius 2 is 2.00 bits per heavy atom. The van der Waals surface area contributed by atoms with Gasteiger partial charge in [0, 0.05) is 31.7 Å². The molecule has 0 saturated carbocycles. The third-order valence-corrected chi connectivity index (χ3v) is 4.24. The molecule has 0 bridgehead atoms. The number of methoxy groups -OCH3 is 1. The molecule has 1 aromatic carbocycles. The van der Waals surface area contributed by atoms with Crippen LogP contribution in [0.15, 0.2) is 18.2 Å². The van der Waals surface area contributed by atoms with Crippen LogP contribution in [0, 0.1) is 0 Å². The van der Waals surface area contributed by atoms with Gasteiger partial charge in [-0.15, -0.1) is 0 Å². The molecule has 0 aromatic heterocycles. The fraction of sp³-hybridized carbons (Fsp3) is 0.600. The van der Waals surface area contributed by atoms with Crippen LogP contribution < -0.4 is 9.47 Å². The van der Waals surface area contributed by atoms with Gasteiger partial charge in [-0.1, -0.05) is 0 Å². The first-order chi connectivity index (χ1) is 9.69. The van der Waals surface area contributed by atoms with Gasteiger partial charge < -0.3 is 19.5 Å². The molecule has 1 N–H and O–H groups in total. The van der Waals surface area contributed by atoms with E-state index in [1.165, 1.54) is 0 Å². The molecule has 2 aliphatic heterocycles. The number of ether oxygens (including phenoxy) is 2. The van der Waals surface area contributed by atoms with Crippen molar-refractivity contribution in [1.82, 2.24) is 9.80 Å². The first-order valence-electron chi connectivity index (χ1n) is 7.10. The highest BCUT2D eigenvalue weighted by molar-refractivity contribution is 5.44. The quantitative estimate of drug-likeness (QED) is 0.864. The fourth-order valence-corrected chi connectivity index (χ4v) is 3.03. The Hall–Kier alpha value is -1.30. The number of fused-ring (bicyclic) bond motifs is 1. The number of hydrogen-bond acceptors (Lipinski definition) is 5. The molecule has 5 nitrogen and oxygen atoms in total. The summed E-state index contributed by atoms with van der Waals surface area (Å²) >= 11 is 0. The van der Waals surface area contributed by atoms with E-state index in [1.807, 2.05) is 18.2 Å². The van der Waals surface area contributed by atoms with Gasteiger partial charge in [0.05, 0.1) is 13.2 Å². The Balaban J connectivity index is 1.90. The molecule has 1 aromatic rings. The number of aliphatic hydroxyl groups is 1. The van der Waals surface area contributed by atoms with Crippen molar-refractivity contribution >= 4 is 0 Å². The zero-order chi connectivity index (χ0) is 14.1. The first kappa shape index (κ1) is 13.7. The Morgan fingerprint density at radius 3 is 2.70 bits per heavy atom. The molecular weight excluding hydrogens is 256 g/mol. The lowest BCUT2D eigenvalue weighted by Crippen LogP contribution is -2.50. The average molecular weight is 278 g/mol. The lowest BCUT2D eigenvalue weighted by molar-refractivity contribution is -0.0153. The van der Waals surface area contributed by atoms with Crippen molar-refractivity contribution in [3.05, 3.63) is 23.8 Å². The number of rotatable bonds is 2. The summed E-state index contributed by atoms with van der Waals surface area (Å²) in [5.74, 6) is 1.67. The molecule has 0 radical (unpaired) electrons. The third-order valence-electron chi connectivity index (χ3n) is 4.24. The monoisotopic (exact) mass is 278 g/mol. The lowest BCUT2D eigenvalue weighted by atomic mass is 9.95. The molecule has 110 valence electrons. The molecule has 5 heteroatoms. The van der Waals surface area contributed by atoms with Crippen molar-refractivity contribution in [2.24, 2.45) is 0 Å². The molecule has 2 heterocycles. The molecule has 2 atom stereocenters. The smallest absolute Gasteiger partial charge is 0.124 e. The highest BCUT2D eigenvalue weighted by Gasteiger charge is 2.35. The SMILES string of the molecule is COc1ccc2c(c1)C(N1CCN(C)CC1)C(O)CO2. The summed E-state index contributed by atoms with van der Waals surface area (Å²) in [4.78, 5) is 4.67. The molecule has 2 unspecified atom stereocenters. The minimum Gasteiger partial charge on any atom is -0.497 e. The molecule has 1 saturated heterocycles. The van der Waals surface area contributed by atoms with Crippen LogP contribution in [0.3, 0.4) is 0 Å². The summed E-state index contributed by atoms with van der Waals surface area (Å²) in [5.41, 5.74) is 1.03. The zero-order valence-electron chi connectivity index (χ0n) is 12.1. The predicted octanol–water partition coefficient (Wildman–Crippen LogP) is 0.737. The van der Waals surface area contributed by atoms with E-state index < -0.39 is 6.10 Å². The summed E-state index contributed by atoms with van der Waals surface area (Å²) < 4.78 is 10.9. The van der Waals surface area contributed by atoms with Crippen LogP contribution in [0.2, 0.25) is 0 Å². The summed E-state index contributed by atoms with van der Waals surface area (Å²) in [6.45, 7) is 4.35. The van der Waals surface area contributed by atoms with E-state index in [9.17, 15) is 5.11 Å². The van der Waals surface area contributed by atoms with Crippen LogP contribution in [0.25, 0.3) is 0 Å². The number of nitrogens with zero attached hydrogens (tertiary/aromatic N) is 2. The normalized spacial score (nSPS) is 27.8. The maximum atomic E-state index is 10.4. The zero-order valence-corrected chi connectivity index (χ0v) is 12.1. The summed E-state index contributed by atoms with van der Waals surface area (Å²) in [6, 6.07) is 5.82. The van der Waals surface area contributed by atoms with E-state index in [0.717, 1.165) is 43.2 Å². The maximum absolute atomic E-state index is 10.4. The van der Waals surface area contributed by atoms with Gasteiger partial charge in [-0.3, -0.25) is 4.90 Å². The van der Waals surface area contributed by atoms with E-state index in [1.54, 1.807) is 7.11 Å². The third kappa shape index (κ3) is 2.49. The Kier molecular flexibility index (Phi) is 3.83. The van der Waals surface area contributed by atoms with Crippen molar-refractivity contribution in [1.29, 1.82) is 0 Å². The number of benzene rings is 1. The topological polar surface area (TPSA) is 45.2 Å². The minimum atomic E-state index is -0.488. The van der Waals surface area contributed by atoms with Crippen LogP contribution in [0.1, 0.15) is 11.6 Å². The van der Waals surface area contributed by atoms with Gasteiger partial charge in [0.2, 0.25) is 0 Å². The van der Waals surface area contributed by atoms with Gasteiger partial charge >= 0.3 is 0 Å². The van der Waals surface area contributed by atoms with Crippen molar-refractivity contribution in [3.8, 4) is 11.5 Å². The van der Waals surface area contributed by atoms with Gasteiger partial charge in [0.1, 0.15) is 24.2 Å². The second-order valence-corrected chi connectivity index (χ2v) is 5.57. The van der Waals surface area contributed by atoms with Crippen LogP contribution >= 0.6 is 0 Å². The van der Waals surface area contributed by atoms with E-state index in [4.69, 9.17) is 9.47 Å². The van der Waals surface area contributed by atoms with Gasteiger partial charge in [-0.05, 0) is 25.2 Å². The standard InChI is InChI=1S/C15H22N2O3/c1-16-5-7-17(8-6-16)15-12-9-11(19-2)3-4-14(12)20-10-13(15)18/h3-4,9,13,15,18H,5-8,10H2,1-2H3. The molecule has 3 rings (SSSR count). The highest BCUT2D eigenvalue weighted by atomic mass is 16.5. The van der Waals surface area contributed by atoms with E-state index in [2.05, 4.69) is 16.8 Å². The van der Waals surface area contributed by atoms with Gasteiger partial charge in [0.25, 0.3) is 0 Å². The number of piperazine rings is 1. The van der Waals surface area contributed by atoms with Crippen LogP contribution in [-0.2, 0) is 0 Å². The second kappa shape index (κ2) is 5.60. The number of hydrogen-bond donors (Lipinski definition) is 1. The van der Waals surface area contributed by atoms with E-state index in [0.29, 0.717) is 6.61 Å². The number of likely N-dealkylation sites (N-methyl/N-ethyl adjacent to an activating group) is 1. The molecule has 2 aliphatic rings. The van der Waals surface area contributed by atoms with Crippen molar-refractivity contribution in [2.45, 2.75) is 12.1 Å². The van der Waals surface area contributed by atoms with Crippen molar-refractivity contribution in [3.63, 3.8) is 0 Å². The number of aliphatic hydroxyl groups excluding tert-OH is 1. The lowest BCUT2D eigenvalue weighted by Gasteiger charge is -2.42. The first-order valence-corrected chi connectivity index (χ1v) is 7.10. The van der Waals surface area contributed by atoms with Crippen LogP contribution in [0.5, 0.6) is 11.5 Å². The van der Waals surface area contributed by atoms with Crippen molar-refractivity contribution < 1.29 is 14.6 Å². The highest BCUT2D eigenvalue weighted by Crippen LogP contribution is 2.38. The predicted molar refractivity (Wildman–Crippen MR) is 76.3 cm³/mol. The molecule has 20 heavy (non-hydrogen) atoms. The Bertz CT molecular complexity index is 472. The molecule has 0 spiro atoms. The van der Waals surface area contributed by atoms with Gasteiger partial charge in [0.15, 0.2) is 0 Å². The summed E-state index contributed by atoms with van der Waals surface area (Å²) in [7, 11) is 3.79. The van der Waals surface area contributed by atoms with E-state index >= 15 is 0 Å². The summed E-state index contributed by atoms with van der Waals surface area (Å²) in [5, 5.41) is 10.4. The Labute approximate surface area is 119 Å². The van der Waals surface area contributed by atoms with E-state index in [-0.39, 0.29) is 6.04 Å². The molecule has 1 fully saturated rings. The Morgan fingerprint density at radius 1 is 1.25 bits per heavy atom. The minimum absolute atomic E-state index is 0.00236. The van der Waals surface area contributed by atoms with Gasteiger partial charge in [-0.25, -0.2) is 0 Å². The second-order valence-electron chi connectivity index (χ2n) is 5.57. The van der Waals surface area contributed by atoms with Crippen LogP contribution in [-0.4, -0.2) is 68.0 Å². The van der Waals surface area contributed by atoms with Crippen molar-refractivity contribution in [2.75, 3.05) is 46.9 Å². The van der Waals surface area contributed by atoms with Gasteiger partial charge in [-0.2, -0.15) is 0 Å². The largest absolute Gasteiger partial charge is 0.497 e. The maximum Gasteiger partial charge on any atom is 0.124 e. The molecule has 0 aliphatic carbocycles. The fourth-order valence-electron chi connectivity index (χ4n) is 3.03. The van der Waals surface area contributed by atoms with Crippen LogP contribution in [0.4, 0.5) is 0 Å². The average Bonchev–Trinajstić information content (AvgIpc) is 2.48. The summed E-state index contributed by atoms with van der Waals surface area (Å²) in [6.07, 6.45) is -0.488. The molecule has 0 amide bonds. The molecular formula is C15H22N2O3.